The first-order chi connectivity index (χ1) is 12.2. The Morgan fingerprint density at radius 1 is 1.08 bits per heavy atom. The molecule has 0 saturated carbocycles. The van der Waals surface area contributed by atoms with Gasteiger partial charge in [0, 0.05) is 28.7 Å². The van der Waals surface area contributed by atoms with Gasteiger partial charge in [-0.1, -0.05) is 36.4 Å². The lowest BCUT2D eigenvalue weighted by atomic mass is 10.1. The van der Waals surface area contributed by atoms with Crippen LogP contribution in [0.5, 0.6) is 0 Å². The van der Waals surface area contributed by atoms with E-state index >= 15 is 0 Å². The first kappa shape index (κ1) is 13.8. The number of nitrogens with two attached hydrogens (primary N) is 1. The molecule has 0 amide bonds. The van der Waals surface area contributed by atoms with Crippen molar-refractivity contribution in [2.24, 2.45) is 0 Å². The van der Waals surface area contributed by atoms with Crippen LogP contribution < -0.4 is 16.5 Å². The molecule has 3 N–H and O–H groups in total. The first-order valence-corrected chi connectivity index (χ1v) is 7.99. The zero-order valence-electron chi connectivity index (χ0n) is 13.2. The Labute approximate surface area is 142 Å². The molecule has 3 aromatic carbocycles. The van der Waals surface area contributed by atoms with Gasteiger partial charge in [0.25, 0.3) is 5.56 Å². The molecular formula is C20H14N4O. The van der Waals surface area contributed by atoms with Crippen LogP contribution in [0.15, 0.2) is 65.7 Å². The van der Waals surface area contributed by atoms with Crippen LogP contribution in [0.1, 0.15) is 5.56 Å². The van der Waals surface area contributed by atoms with Crippen molar-refractivity contribution >= 4 is 39.2 Å². The SMILES string of the molecule is Nc1cccc(C=c2c3ccccc3c3[nH]c(=O)c4nccn4c23)c1. The maximum Gasteiger partial charge on any atom is 0.292 e. The zero-order chi connectivity index (χ0) is 17.0. The second kappa shape index (κ2) is 4.95. The third-order valence-electron chi connectivity index (χ3n) is 4.52. The average molecular weight is 326 g/mol. The molecule has 0 saturated heterocycles. The van der Waals surface area contributed by atoms with Crippen molar-refractivity contribution in [1.82, 2.24) is 14.4 Å². The van der Waals surface area contributed by atoms with Crippen molar-refractivity contribution in [3.63, 3.8) is 0 Å². The van der Waals surface area contributed by atoms with Crippen molar-refractivity contribution in [2.45, 2.75) is 0 Å². The van der Waals surface area contributed by atoms with Crippen LogP contribution in [-0.2, 0) is 0 Å². The Hall–Kier alpha value is -3.60. The third-order valence-corrected chi connectivity index (χ3v) is 4.52. The molecule has 2 aromatic heterocycles. The summed E-state index contributed by atoms with van der Waals surface area (Å²) < 4.78 is 1.85. The number of imidazole rings is 1. The molecule has 0 fully saturated rings. The first-order valence-electron chi connectivity index (χ1n) is 7.99. The van der Waals surface area contributed by atoms with Gasteiger partial charge in [-0.25, -0.2) is 4.98 Å². The fourth-order valence-electron chi connectivity index (χ4n) is 3.49. The van der Waals surface area contributed by atoms with E-state index in [1.54, 1.807) is 6.20 Å². The summed E-state index contributed by atoms with van der Waals surface area (Å²) in [5.74, 6) is 0. The highest BCUT2D eigenvalue weighted by Crippen LogP contribution is 2.22. The number of nitrogens with zero attached hydrogens (tertiary/aromatic N) is 2. The van der Waals surface area contributed by atoms with E-state index in [0.29, 0.717) is 5.65 Å². The Bertz CT molecular complexity index is 1380. The number of H-pyrrole nitrogens is 1. The van der Waals surface area contributed by atoms with E-state index in [2.05, 4.69) is 22.1 Å². The lowest BCUT2D eigenvalue weighted by Crippen LogP contribution is -2.13. The Balaban J connectivity index is 2.07. The quantitative estimate of drug-likeness (QED) is 0.465. The predicted octanol–water partition coefficient (Wildman–Crippen LogP) is 2.46. The molecule has 2 heterocycles. The molecule has 5 rings (SSSR count). The van der Waals surface area contributed by atoms with Crippen molar-refractivity contribution in [2.75, 3.05) is 5.73 Å². The number of hydrogen-bond acceptors (Lipinski definition) is 3. The summed E-state index contributed by atoms with van der Waals surface area (Å²) in [6, 6.07) is 15.8. The summed E-state index contributed by atoms with van der Waals surface area (Å²) in [7, 11) is 0. The molecule has 0 aliphatic heterocycles. The van der Waals surface area contributed by atoms with E-state index < -0.39 is 0 Å². The fourth-order valence-corrected chi connectivity index (χ4v) is 3.49. The minimum absolute atomic E-state index is 0.191. The van der Waals surface area contributed by atoms with Crippen molar-refractivity contribution in [3.8, 4) is 0 Å². The Morgan fingerprint density at radius 2 is 1.92 bits per heavy atom. The highest BCUT2D eigenvalue weighted by molar-refractivity contribution is 6.10. The Kier molecular flexibility index (Phi) is 2.73. The molecule has 25 heavy (non-hydrogen) atoms. The van der Waals surface area contributed by atoms with Gasteiger partial charge < -0.3 is 10.7 Å². The van der Waals surface area contributed by atoms with Crippen LogP contribution in [0.2, 0.25) is 0 Å². The molecule has 0 atom stereocenters. The summed E-state index contributed by atoms with van der Waals surface area (Å²) in [6.07, 6.45) is 5.56. The van der Waals surface area contributed by atoms with Crippen LogP contribution in [0.3, 0.4) is 0 Å². The number of aromatic nitrogens is 3. The molecule has 5 heteroatoms. The molecule has 0 aliphatic rings. The molecule has 120 valence electrons. The highest BCUT2D eigenvalue weighted by atomic mass is 16.1. The summed E-state index contributed by atoms with van der Waals surface area (Å²) in [4.78, 5) is 19.5. The van der Waals surface area contributed by atoms with E-state index in [0.717, 1.165) is 38.3 Å². The van der Waals surface area contributed by atoms with Gasteiger partial charge in [0.15, 0.2) is 0 Å². The van der Waals surface area contributed by atoms with Crippen molar-refractivity contribution < 1.29 is 0 Å². The molecule has 0 radical (unpaired) electrons. The van der Waals surface area contributed by atoms with Crippen LogP contribution in [-0.4, -0.2) is 14.4 Å². The summed E-state index contributed by atoms with van der Waals surface area (Å²) >= 11 is 0. The second-order valence-corrected chi connectivity index (χ2v) is 6.07. The molecular weight excluding hydrogens is 312 g/mol. The number of anilines is 1. The van der Waals surface area contributed by atoms with Gasteiger partial charge in [-0.2, -0.15) is 0 Å². The molecule has 0 unspecified atom stereocenters. The van der Waals surface area contributed by atoms with Crippen molar-refractivity contribution in [1.29, 1.82) is 0 Å². The van der Waals surface area contributed by atoms with Gasteiger partial charge in [0.1, 0.15) is 0 Å². The minimum Gasteiger partial charge on any atom is -0.399 e. The highest BCUT2D eigenvalue weighted by Gasteiger charge is 2.13. The lowest BCUT2D eigenvalue weighted by Gasteiger charge is -1.99. The Morgan fingerprint density at radius 3 is 2.76 bits per heavy atom. The van der Waals surface area contributed by atoms with Gasteiger partial charge in [0.05, 0.1) is 11.0 Å². The summed E-state index contributed by atoms with van der Waals surface area (Å²) in [5, 5.41) is 3.13. The number of nitrogens with one attached hydrogen (secondary N) is 1. The summed E-state index contributed by atoms with van der Waals surface area (Å²) in [6.45, 7) is 0. The van der Waals surface area contributed by atoms with E-state index in [4.69, 9.17) is 5.73 Å². The maximum absolute atomic E-state index is 12.3. The van der Waals surface area contributed by atoms with Gasteiger partial charge >= 0.3 is 0 Å². The number of rotatable bonds is 1. The number of hydrogen-bond donors (Lipinski definition) is 2. The molecule has 5 nitrogen and oxygen atoms in total. The van der Waals surface area contributed by atoms with E-state index in [-0.39, 0.29) is 5.56 Å². The molecule has 0 bridgehead atoms. The van der Waals surface area contributed by atoms with E-state index in [1.807, 2.05) is 53.1 Å². The number of nitrogen functional groups attached to an aromatic ring is 1. The zero-order valence-corrected chi connectivity index (χ0v) is 13.2. The predicted molar refractivity (Wildman–Crippen MR) is 100 cm³/mol. The lowest BCUT2D eigenvalue weighted by molar-refractivity contribution is 1.17. The molecule has 5 aromatic rings. The third kappa shape index (κ3) is 1.96. The topological polar surface area (TPSA) is 76.2 Å². The minimum atomic E-state index is -0.191. The maximum atomic E-state index is 12.3. The van der Waals surface area contributed by atoms with Gasteiger partial charge in [-0.15, -0.1) is 0 Å². The molecule has 0 spiro atoms. The van der Waals surface area contributed by atoms with Crippen molar-refractivity contribution in [3.05, 3.63) is 82.1 Å². The largest absolute Gasteiger partial charge is 0.399 e. The van der Waals surface area contributed by atoms with Crippen LogP contribution >= 0.6 is 0 Å². The van der Waals surface area contributed by atoms with Crippen LogP contribution in [0.4, 0.5) is 5.69 Å². The second-order valence-electron chi connectivity index (χ2n) is 6.07. The van der Waals surface area contributed by atoms with Gasteiger partial charge in [-0.05, 0) is 29.2 Å². The van der Waals surface area contributed by atoms with E-state index in [1.165, 1.54) is 0 Å². The average Bonchev–Trinajstić information content (AvgIpc) is 3.20. The fraction of sp³-hybridized carbons (Fsp3) is 0. The summed E-state index contributed by atoms with van der Waals surface area (Å²) in [5.41, 5.74) is 9.62. The van der Waals surface area contributed by atoms with Gasteiger partial charge in [-0.3, -0.25) is 9.20 Å². The van der Waals surface area contributed by atoms with Gasteiger partial charge in [0.2, 0.25) is 5.65 Å². The van der Waals surface area contributed by atoms with E-state index in [9.17, 15) is 4.79 Å². The standard InChI is InChI=1S/C20H14N4O/c21-13-5-3-4-12(10-13)11-16-14-6-1-2-7-15(14)17-18(16)24-9-8-22-19(24)20(25)23-17/h1-11H,21H2,(H,23,25). The monoisotopic (exact) mass is 326 g/mol. The normalized spacial score (nSPS) is 12.6. The number of benzene rings is 2. The van der Waals surface area contributed by atoms with Crippen LogP contribution in [0, 0.1) is 0 Å². The smallest absolute Gasteiger partial charge is 0.292 e. The van der Waals surface area contributed by atoms with Crippen LogP contribution in [0.25, 0.3) is 33.5 Å². The number of aromatic amines is 1. The number of fused-ring (bicyclic) bond motifs is 5. The molecule has 0 aliphatic carbocycles.